The van der Waals surface area contributed by atoms with Crippen molar-refractivity contribution in [1.29, 1.82) is 0 Å². The summed E-state index contributed by atoms with van der Waals surface area (Å²) >= 11 is 0. The molecule has 0 fully saturated rings. The van der Waals surface area contributed by atoms with Crippen LogP contribution < -0.4 is 9.47 Å². The van der Waals surface area contributed by atoms with Crippen LogP contribution in [0.25, 0.3) is 0 Å². The fourth-order valence-electron chi connectivity index (χ4n) is 4.98. The van der Waals surface area contributed by atoms with Crippen LogP contribution in [0.5, 0.6) is 11.5 Å². The maximum Gasteiger partial charge on any atom is 0.260 e. The fourth-order valence-corrected chi connectivity index (χ4v) is 4.98. The molecule has 1 heterocycles. The van der Waals surface area contributed by atoms with Crippen molar-refractivity contribution >= 4 is 11.8 Å². The van der Waals surface area contributed by atoms with Crippen LogP contribution in [0, 0.1) is 0 Å². The van der Waals surface area contributed by atoms with E-state index in [0.717, 1.165) is 25.8 Å². The van der Waals surface area contributed by atoms with Gasteiger partial charge in [-0.1, -0.05) is 96.6 Å². The van der Waals surface area contributed by atoms with Gasteiger partial charge in [0, 0.05) is 19.0 Å². The summed E-state index contributed by atoms with van der Waals surface area (Å²) in [7, 11) is 1.60. The Morgan fingerprint density at radius 3 is 2.08 bits per heavy atom. The molecule has 1 aromatic rings. The van der Waals surface area contributed by atoms with Gasteiger partial charge in [0.2, 0.25) is 5.91 Å². The number of carbonyl (C=O) groups excluding carboxylic acids is 2. The Morgan fingerprint density at radius 2 is 1.49 bits per heavy atom. The van der Waals surface area contributed by atoms with Crippen LogP contribution in [-0.2, 0) is 4.79 Å². The second-order valence-electron chi connectivity index (χ2n) is 10.6. The van der Waals surface area contributed by atoms with Gasteiger partial charge in [0.25, 0.3) is 5.91 Å². The summed E-state index contributed by atoms with van der Waals surface area (Å²) in [5.74, 6) is 0.548. The first-order valence-corrected chi connectivity index (χ1v) is 15.3. The molecular formula is C33H52N2O4. The molecule has 6 nitrogen and oxygen atoms in total. The first kappa shape index (κ1) is 32.5. The summed E-state index contributed by atoms with van der Waals surface area (Å²) in [5, 5.41) is 0. The van der Waals surface area contributed by atoms with E-state index >= 15 is 0 Å². The molecule has 39 heavy (non-hydrogen) atoms. The molecule has 0 N–H and O–H groups in total. The molecule has 218 valence electrons. The van der Waals surface area contributed by atoms with Crippen LogP contribution in [0.3, 0.4) is 0 Å². The minimum Gasteiger partial charge on any atom is -0.493 e. The second-order valence-corrected chi connectivity index (χ2v) is 10.6. The van der Waals surface area contributed by atoms with Crippen molar-refractivity contribution in [3.63, 3.8) is 0 Å². The van der Waals surface area contributed by atoms with Crippen LogP contribution in [0.4, 0.5) is 0 Å². The van der Waals surface area contributed by atoms with E-state index in [1.54, 1.807) is 25.3 Å². The fraction of sp³-hybridized carbons (Fsp3) is 0.636. The molecule has 1 aliphatic rings. The number of benzene rings is 1. The minimum atomic E-state index is -0.320. The number of allylic oxidation sites excluding steroid dienone is 2. The lowest BCUT2D eigenvalue weighted by atomic mass is 10.1. The van der Waals surface area contributed by atoms with Crippen molar-refractivity contribution in [2.45, 2.75) is 110 Å². The summed E-state index contributed by atoms with van der Waals surface area (Å²) in [6.07, 6.45) is 24.5. The number of nitrogens with zero attached hydrogens (tertiary/aromatic N) is 2. The number of ether oxygens (including phenoxy) is 2. The number of hydrogen-bond donors (Lipinski definition) is 0. The monoisotopic (exact) mass is 540 g/mol. The normalized spacial score (nSPS) is 14.5. The van der Waals surface area contributed by atoms with E-state index in [1.165, 1.54) is 76.0 Å². The lowest BCUT2D eigenvalue weighted by Crippen LogP contribution is -2.46. The molecule has 0 aliphatic carbocycles. The van der Waals surface area contributed by atoms with Crippen LogP contribution in [0.15, 0.2) is 42.6 Å². The van der Waals surface area contributed by atoms with E-state index in [1.807, 2.05) is 24.4 Å². The summed E-state index contributed by atoms with van der Waals surface area (Å²) in [6.45, 7) is 7.57. The summed E-state index contributed by atoms with van der Waals surface area (Å²) in [6, 6.07) is 5.12. The number of hydrogen-bond acceptors (Lipinski definition) is 5. The molecule has 1 aromatic carbocycles. The van der Waals surface area contributed by atoms with Crippen molar-refractivity contribution in [2.75, 3.05) is 26.8 Å². The van der Waals surface area contributed by atoms with Crippen molar-refractivity contribution < 1.29 is 19.1 Å². The van der Waals surface area contributed by atoms with E-state index < -0.39 is 0 Å². The number of unbranched alkanes of at least 4 members (excludes halogenated alkanes) is 11. The topological polar surface area (TPSA) is 59.1 Å². The van der Waals surface area contributed by atoms with Gasteiger partial charge in [-0.2, -0.15) is 0 Å². The van der Waals surface area contributed by atoms with Crippen LogP contribution in [0.1, 0.15) is 115 Å². The van der Waals surface area contributed by atoms with E-state index in [-0.39, 0.29) is 17.9 Å². The van der Waals surface area contributed by atoms with Gasteiger partial charge in [-0.25, -0.2) is 0 Å². The Kier molecular flexibility index (Phi) is 16.1. The molecule has 0 saturated heterocycles. The molecule has 1 atom stereocenters. The van der Waals surface area contributed by atoms with E-state index in [0.29, 0.717) is 30.2 Å². The van der Waals surface area contributed by atoms with Crippen LogP contribution >= 0.6 is 0 Å². The molecule has 0 spiro atoms. The third kappa shape index (κ3) is 11.9. The van der Waals surface area contributed by atoms with Gasteiger partial charge in [-0.05, 0) is 43.3 Å². The van der Waals surface area contributed by atoms with Crippen LogP contribution in [-0.4, -0.2) is 54.5 Å². The van der Waals surface area contributed by atoms with Crippen molar-refractivity contribution in [1.82, 2.24) is 9.80 Å². The van der Waals surface area contributed by atoms with Gasteiger partial charge in [-0.3, -0.25) is 14.5 Å². The Bertz CT molecular complexity index is 911. The Morgan fingerprint density at radius 1 is 0.846 bits per heavy atom. The van der Waals surface area contributed by atoms with Crippen molar-refractivity contribution in [3.8, 4) is 11.5 Å². The summed E-state index contributed by atoms with van der Waals surface area (Å²) < 4.78 is 11.5. The van der Waals surface area contributed by atoms with Crippen LogP contribution in [0.2, 0.25) is 0 Å². The predicted octanol–water partition coefficient (Wildman–Crippen LogP) is 7.93. The van der Waals surface area contributed by atoms with Crippen molar-refractivity contribution in [2.24, 2.45) is 0 Å². The SMILES string of the molecule is CCCCCCCCCCCCCCOc1cc(C(=O)N(CC2C=CC=CN2CCC)C(C)=O)ccc1OC. The van der Waals surface area contributed by atoms with Gasteiger partial charge in [0.05, 0.1) is 26.3 Å². The molecule has 2 rings (SSSR count). The predicted molar refractivity (Wildman–Crippen MR) is 160 cm³/mol. The molecule has 1 unspecified atom stereocenters. The lowest BCUT2D eigenvalue weighted by Gasteiger charge is -2.33. The second kappa shape index (κ2) is 19.3. The number of rotatable bonds is 20. The van der Waals surface area contributed by atoms with E-state index in [4.69, 9.17) is 9.47 Å². The molecular weight excluding hydrogens is 488 g/mol. The lowest BCUT2D eigenvalue weighted by molar-refractivity contribution is -0.126. The number of amides is 2. The van der Waals surface area contributed by atoms with Crippen molar-refractivity contribution in [3.05, 3.63) is 48.2 Å². The van der Waals surface area contributed by atoms with Gasteiger partial charge in [0.1, 0.15) is 0 Å². The molecule has 0 radical (unpaired) electrons. The van der Waals surface area contributed by atoms with Gasteiger partial charge in [0.15, 0.2) is 11.5 Å². The maximum absolute atomic E-state index is 13.4. The minimum absolute atomic E-state index is 0.0393. The number of carbonyl (C=O) groups is 2. The molecule has 0 aromatic heterocycles. The van der Waals surface area contributed by atoms with Gasteiger partial charge < -0.3 is 14.4 Å². The molecule has 0 saturated carbocycles. The zero-order chi connectivity index (χ0) is 28.3. The summed E-state index contributed by atoms with van der Waals surface area (Å²) in [4.78, 5) is 29.4. The standard InChI is InChI=1S/C33H52N2O4/c1-5-7-8-9-10-11-12-13-14-15-16-19-25-39-32-26-29(21-22-31(32)38-4)33(37)35(28(3)36)27-30-20-17-18-24-34(30)23-6-2/h17-18,20-22,24,26,30H,5-16,19,23,25,27H2,1-4H3. The zero-order valence-corrected chi connectivity index (χ0v) is 25.0. The average Bonchev–Trinajstić information content (AvgIpc) is 2.94. The maximum atomic E-state index is 13.4. The third-order valence-electron chi connectivity index (χ3n) is 7.29. The van der Waals surface area contributed by atoms with E-state index in [9.17, 15) is 9.59 Å². The van der Waals surface area contributed by atoms with Gasteiger partial charge >= 0.3 is 0 Å². The largest absolute Gasteiger partial charge is 0.493 e. The first-order chi connectivity index (χ1) is 19.0. The van der Waals surface area contributed by atoms with Gasteiger partial charge in [-0.15, -0.1) is 0 Å². The highest BCUT2D eigenvalue weighted by molar-refractivity contribution is 6.04. The zero-order valence-electron chi connectivity index (χ0n) is 25.0. The highest BCUT2D eigenvalue weighted by Gasteiger charge is 2.26. The van der Waals surface area contributed by atoms with E-state index in [2.05, 4.69) is 18.7 Å². The highest BCUT2D eigenvalue weighted by Crippen LogP contribution is 2.29. The number of imide groups is 1. The average molecular weight is 541 g/mol. The Hall–Kier alpha value is -2.76. The quantitative estimate of drug-likeness (QED) is 0.157. The molecule has 2 amide bonds. The molecule has 0 bridgehead atoms. The summed E-state index contributed by atoms with van der Waals surface area (Å²) in [5.41, 5.74) is 0.424. The highest BCUT2D eigenvalue weighted by atomic mass is 16.5. The number of methoxy groups -OCH3 is 1. The molecule has 6 heteroatoms. The smallest absolute Gasteiger partial charge is 0.260 e. The molecule has 1 aliphatic heterocycles. The Balaban J connectivity index is 1.82. The third-order valence-corrected chi connectivity index (χ3v) is 7.29. The Labute approximate surface area is 237 Å². The first-order valence-electron chi connectivity index (χ1n) is 15.3.